The minimum atomic E-state index is -0.244. The van der Waals surface area contributed by atoms with E-state index in [1.165, 1.54) is 6.20 Å². The SMILES string of the molecule is CCc1nc2c(cnn2CC)c(NC2CCOCC2)c1CNC(=O)c1ccc(NC(=O)CCCCCCCN(C)CCO)nc1. The van der Waals surface area contributed by atoms with Crippen LogP contribution in [0.3, 0.4) is 0 Å². The lowest BCUT2D eigenvalue weighted by atomic mass is 10.0. The average molecular weight is 623 g/mol. The fourth-order valence-corrected chi connectivity index (χ4v) is 5.66. The summed E-state index contributed by atoms with van der Waals surface area (Å²) < 4.78 is 7.47. The predicted octanol–water partition coefficient (Wildman–Crippen LogP) is 4.13. The van der Waals surface area contributed by atoms with Crippen molar-refractivity contribution in [2.75, 3.05) is 50.6 Å². The summed E-state index contributed by atoms with van der Waals surface area (Å²) in [6.45, 7) is 8.48. The lowest BCUT2D eigenvalue weighted by molar-refractivity contribution is -0.116. The monoisotopic (exact) mass is 622 g/mol. The van der Waals surface area contributed by atoms with E-state index in [9.17, 15) is 9.59 Å². The van der Waals surface area contributed by atoms with Gasteiger partial charge in [0.1, 0.15) is 5.82 Å². The molecule has 0 radical (unpaired) electrons. The molecule has 0 aliphatic carbocycles. The topological polar surface area (TPSA) is 147 Å². The van der Waals surface area contributed by atoms with Crippen molar-refractivity contribution in [2.45, 2.75) is 90.8 Å². The van der Waals surface area contributed by atoms with Crippen LogP contribution in [-0.4, -0.2) is 87.6 Å². The Morgan fingerprint density at radius 1 is 1.07 bits per heavy atom. The molecule has 4 heterocycles. The number of aliphatic hydroxyl groups is 1. The number of nitrogens with one attached hydrogen (secondary N) is 3. The van der Waals surface area contributed by atoms with Crippen molar-refractivity contribution in [2.24, 2.45) is 0 Å². The number of nitrogens with zero attached hydrogens (tertiary/aromatic N) is 5. The molecule has 0 spiro atoms. The molecule has 246 valence electrons. The molecular weight excluding hydrogens is 572 g/mol. The van der Waals surface area contributed by atoms with Gasteiger partial charge in [-0.3, -0.25) is 9.59 Å². The number of likely N-dealkylation sites (N-methyl/N-ethyl adjacent to an activating group) is 1. The predicted molar refractivity (Wildman–Crippen MR) is 176 cm³/mol. The van der Waals surface area contributed by atoms with Crippen LogP contribution < -0.4 is 16.0 Å². The van der Waals surface area contributed by atoms with Crippen molar-refractivity contribution in [3.05, 3.63) is 41.3 Å². The second kappa shape index (κ2) is 17.8. The molecule has 12 nitrogen and oxygen atoms in total. The number of carbonyl (C=O) groups excluding carboxylic acids is 2. The Morgan fingerprint density at radius 2 is 1.84 bits per heavy atom. The fourth-order valence-electron chi connectivity index (χ4n) is 5.66. The largest absolute Gasteiger partial charge is 0.395 e. The van der Waals surface area contributed by atoms with E-state index in [0.29, 0.717) is 30.9 Å². The first-order chi connectivity index (χ1) is 21.9. The van der Waals surface area contributed by atoms with Crippen LogP contribution in [0, 0.1) is 0 Å². The summed E-state index contributed by atoms with van der Waals surface area (Å²) in [7, 11) is 2.01. The molecule has 1 aliphatic heterocycles. The van der Waals surface area contributed by atoms with Crippen molar-refractivity contribution in [3.63, 3.8) is 0 Å². The number of aryl methyl sites for hydroxylation is 2. The number of fused-ring (bicyclic) bond motifs is 1. The molecule has 0 unspecified atom stereocenters. The third-order valence-electron chi connectivity index (χ3n) is 8.32. The Morgan fingerprint density at radius 3 is 2.56 bits per heavy atom. The Kier molecular flexibility index (Phi) is 13.5. The normalized spacial score (nSPS) is 13.8. The maximum absolute atomic E-state index is 13.2. The van der Waals surface area contributed by atoms with Gasteiger partial charge in [0.25, 0.3) is 5.91 Å². The maximum atomic E-state index is 13.2. The summed E-state index contributed by atoms with van der Waals surface area (Å²) in [5, 5.41) is 24.1. The van der Waals surface area contributed by atoms with Crippen molar-refractivity contribution in [1.29, 1.82) is 0 Å². The van der Waals surface area contributed by atoms with Crippen molar-refractivity contribution in [1.82, 2.24) is 30.0 Å². The highest BCUT2D eigenvalue weighted by Gasteiger charge is 2.22. The summed E-state index contributed by atoms with van der Waals surface area (Å²) in [4.78, 5) is 36.9. The van der Waals surface area contributed by atoms with Gasteiger partial charge in [-0.1, -0.05) is 26.2 Å². The number of ether oxygens (including phenoxy) is 1. The molecule has 1 aliphatic rings. The van der Waals surface area contributed by atoms with E-state index in [1.54, 1.807) is 12.1 Å². The third kappa shape index (κ3) is 9.94. The number of carbonyl (C=O) groups is 2. The Labute approximate surface area is 266 Å². The first kappa shape index (κ1) is 34.3. The van der Waals surface area contributed by atoms with Crippen molar-refractivity contribution in [3.8, 4) is 0 Å². The van der Waals surface area contributed by atoms with E-state index in [-0.39, 0.29) is 24.5 Å². The summed E-state index contributed by atoms with van der Waals surface area (Å²) in [6.07, 6.45) is 11.5. The number of anilines is 2. The fraction of sp³-hybridized carbons (Fsp3) is 0.606. The van der Waals surface area contributed by atoms with Gasteiger partial charge in [-0.15, -0.1) is 0 Å². The maximum Gasteiger partial charge on any atom is 0.253 e. The molecule has 0 aromatic carbocycles. The van der Waals surface area contributed by atoms with Gasteiger partial charge in [0.2, 0.25) is 5.91 Å². The molecule has 0 atom stereocenters. The van der Waals surface area contributed by atoms with Gasteiger partial charge < -0.3 is 30.7 Å². The van der Waals surface area contributed by atoms with Crippen LogP contribution in [0.5, 0.6) is 0 Å². The number of hydrogen-bond donors (Lipinski definition) is 4. The van der Waals surface area contributed by atoms with Crippen LogP contribution in [-0.2, 0) is 29.0 Å². The number of hydrogen-bond acceptors (Lipinski definition) is 9. The highest BCUT2D eigenvalue weighted by atomic mass is 16.5. The van der Waals surface area contributed by atoms with Crippen molar-refractivity contribution >= 4 is 34.4 Å². The van der Waals surface area contributed by atoms with E-state index >= 15 is 0 Å². The molecule has 0 saturated carbocycles. The van der Waals surface area contributed by atoms with Crippen LogP contribution >= 0.6 is 0 Å². The van der Waals surface area contributed by atoms with Gasteiger partial charge in [0.15, 0.2) is 5.65 Å². The molecule has 3 aromatic heterocycles. The van der Waals surface area contributed by atoms with E-state index in [4.69, 9.17) is 14.8 Å². The van der Waals surface area contributed by atoms with Gasteiger partial charge in [-0.2, -0.15) is 5.10 Å². The summed E-state index contributed by atoms with van der Waals surface area (Å²) in [6, 6.07) is 3.62. The smallest absolute Gasteiger partial charge is 0.253 e. The van der Waals surface area contributed by atoms with E-state index < -0.39 is 0 Å². The Bertz CT molecular complexity index is 1370. The quantitative estimate of drug-likeness (QED) is 0.154. The second-order valence-electron chi connectivity index (χ2n) is 11.7. The van der Waals surface area contributed by atoms with Gasteiger partial charge in [0.05, 0.1) is 29.4 Å². The summed E-state index contributed by atoms with van der Waals surface area (Å²) in [5.41, 5.74) is 4.13. The summed E-state index contributed by atoms with van der Waals surface area (Å²) in [5.74, 6) is 0.113. The zero-order chi connectivity index (χ0) is 32.0. The van der Waals surface area contributed by atoms with Gasteiger partial charge in [-0.25, -0.2) is 14.6 Å². The average Bonchev–Trinajstić information content (AvgIpc) is 3.47. The van der Waals surface area contributed by atoms with Crippen LogP contribution in [0.15, 0.2) is 24.5 Å². The van der Waals surface area contributed by atoms with Gasteiger partial charge >= 0.3 is 0 Å². The minimum Gasteiger partial charge on any atom is -0.395 e. The lowest BCUT2D eigenvalue weighted by Crippen LogP contribution is -2.30. The zero-order valence-electron chi connectivity index (χ0n) is 27.1. The van der Waals surface area contributed by atoms with E-state index in [0.717, 1.165) is 106 Å². The van der Waals surface area contributed by atoms with E-state index in [1.807, 2.05) is 17.9 Å². The van der Waals surface area contributed by atoms with Crippen LogP contribution in [0.2, 0.25) is 0 Å². The molecule has 0 bridgehead atoms. The number of amides is 2. The minimum absolute atomic E-state index is 0.0756. The molecule has 45 heavy (non-hydrogen) atoms. The first-order valence-electron chi connectivity index (χ1n) is 16.5. The number of unbranched alkanes of at least 4 members (excludes halogenated alkanes) is 4. The lowest BCUT2D eigenvalue weighted by Gasteiger charge is -2.26. The molecule has 4 rings (SSSR count). The van der Waals surface area contributed by atoms with Gasteiger partial charge in [0, 0.05) is 62.8 Å². The number of aromatic nitrogens is 4. The first-order valence-corrected chi connectivity index (χ1v) is 16.5. The van der Waals surface area contributed by atoms with Crippen LogP contribution in [0.4, 0.5) is 11.5 Å². The molecule has 12 heteroatoms. The second-order valence-corrected chi connectivity index (χ2v) is 11.7. The number of aliphatic hydroxyl groups excluding tert-OH is 1. The van der Waals surface area contributed by atoms with Gasteiger partial charge in [-0.05, 0) is 64.8 Å². The number of pyridine rings is 2. The highest BCUT2D eigenvalue weighted by molar-refractivity contribution is 5.96. The molecule has 2 amide bonds. The number of rotatable bonds is 18. The zero-order valence-corrected chi connectivity index (χ0v) is 27.1. The Balaban J connectivity index is 1.30. The highest BCUT2D eigenvalue weighted by Crippen LogP contribution is 2.31. The standard InChI is InChI=1S/C33H50N8O4/c1-4-28-26(31(37-25-14-19-45-20-15-25)27-23-36-41(5-2)32(27)38-28)22-35-33(44)24-12-13-29(34-21-24)39-30(43)11-9-7-6-8-10-16-40(3)17-18-42/h12-13,21,23,25,42H,4-11,14-20,22H2,1-3H3,(H,35,44)(H,37,38)(H,34,39,43). The third-order valence-corrected chi connectivity index (χ3v) is 8.32. The van der Waals surface area contributed by atoms with Crippen LogP contribution in [0.1, 0.15) is 86.8 Å². The molecule has 1 fully saturated rings. The molecule has 4 N–H and O–H groups in total. The van der Waals surface area contributed by atoms with E-state index in [2.05, 4.69) is 44.8 Å². The summed E-state index contributed by atoms with van der Waals surface area (Å²) >= 11 is 0. The molecular formula is C33H50N8O4. The molecule has 3 aromatic rings. The van der Waals surface area contributed by atoms with Crippen molar-refractivity contribution < 1.29 is 19.4 Å². The Hall–Kier alpha value is -3.61. The molecule has 1 saturated heterocycles. The van der Waals surface area contributed by atoms with Crippen LogP contribution in [0.25, 0.3) is 11.0 Å².